The Morgan fingerprint density at radius 1 is 1.03 bits per heavy atom. The van der Waals surface area contributed by atoms with E-state index in [1.807, 2.05) is 6.07 Å². The third kappa shape index (κ3) is 4.78. The second kappa shape index (κ2) is 8.71. The summed E-state index contributed by atoms with van der Waals surface area (Å²) < 4.78 is 10.6. The Morgan fingerprint density at radius 2 is 1.79 bits per heavy atom. The number of hydrogen-bond donors (Lipinski definition) is 2. The van der Waals surface area contributed by atoms with E-state index in [-0.39, 0.29) is 11.6 Å². The van der Waals surface area contributed by atoms with E-state index in [9.17, 15) is 4.79 Å². The molecule has 8 heteroatoms. The number of anilines is 3. The Hall–Kier alpha value is -4.12. The van der Waals surface area contributed by atoms with Crippen LogP contribution in [-0.4, -0.2) is 30.1 Å². The average molecular weight is 389 g/mol. The lowest BCUT2D eigenvalue weighted by atomic mass is 10.2. The quantitative estimate of drug-likeness (QED) is 0.662. The average Bonchev–Trinajstić information content (AvgIpc) is 2.74. The lowest BCUT2D eigenvalue weighted by molar-refractivity contribution is 0.102. The summed E-state index contributed by atoms with van der Waals surface area (Å²) >= 11 is 0. The zero-order chi connectivity index (χ0) is 20.8. The summed E-state index contributed by atoms with van der Waals surface area (Å²) in [5, 5.41) is 14.8. The molecule has 1 aromatic heterocycles. The zero-order valence-corrected chi connectivity index (χ0v) is 16.2. The van der Waals surface area contributed by atoms with E-state index in [2.05, 4.69) is 20.6 Å². The van der Waals surface area contributed by atoms with Crippen molar-refractivity contribution in [3.05, 3.63) is 65.6 Å². The number of nitriles is 1. The van der Waals surface area contributed by atoms with Crippen molar-refractivity contribution in [3.63, 3.8) is 0 Å². The standard InChI is InChI=1S/C21H19N5O3/c1-13-23-18(21(27)25-15-6-4-14(12-22)5-7-15)11-20(24-13)26-17-9-8-16(28-2)10-19(17)29-3/h4-11H,1-3H3,(H,25,27)(H,23,24,26). The molecule has 146 valence electrons. The van der Waals surface area contributed by atoms with Crippen LogP contribution in [-0.2, 0) is 0 Å². The number of aromatic nitrogens is 2. The van der Waals surface area contributed by atoms with Gasteiger partial charge in [-0.2, -0.15) is 5.26 Å². The zero-order valence-electron chi connectivity index (χ0n) is 16.2. The van der Waals surface area contributed by atoms with Crippen molar-refractivity contribution in [2.75, 3.05) is 24.9 Å². The molecule has 0 atom stereocenters. The highest BCUT2D eigenvalue weighted by Crippen LogP contribution is 2.31. The normalized spacial score (nSPS) is 10.0. The second-order valence-electron chi connectivity index (χ2n) is 6.02. The highest BCUT2D eigenvalue weighted by atomic mass is 16.5. The Labute approximate surface area is 168 Å². The molecule has 1 heterocycles. The number of hydrogen-bond acceptors (Lipinski definition) is 7. The highest BCUT2D eigenvalue weighted by molar-refractivity contribution is 6.03. The third-order valence-electron chi connectivity index (χ3n) is 4.01. The Morgan fingerprint density at radius 3 is 2.45 bits per heavy atom. The number of ether oxygens (including phenoxy) is 2. The van der Waals surface area contributed by atoms with Crippen LogP contribution in [0.25, 0.3) is 0 Å². The van der Waals surface area contributed by atoms with Crippen molar-refractivity contribution in [3.8, 4) is 17.6 Å². The van der Waals surface area contributed by atoms with Crippen LogP contribution in [0.4, 0.5) is 17.2 Å². The molecule has 3 rings (SSSR count). The first kappa shape index (κ1) is 19.6. The number of nitrogens with one attached hydrogen (secondary N) is 2. The number of nitrogens with zero attached hydrogens (tertiary/aromatic N) is 3. The lowest BCUT2D eigenvalue weighted by Crippen LogP contribution is -2.15. The first-order valence-corrected chi connectivity index (χ1v) is 8.68. The molecule has 3 aromatic rings. The summed E-state index contributed by atoms with van der Waals surface area (Å²) in [5.41, 5.74) is 1.96. The molecule has 0 saturated heterocycles. The number of methoxy groups -OCH3 is 2. The second-order valence-corrected chi connectivity index (χ2v) is 6.02. The monoisotopic (exact) mass is 389 g/mol. The van der Waals surface area contributed by atoms with Crippen molar-refractivity contribution in [1.29, 1.82) is 5.26 Å². The molecule has 2 N–H and O–H groups in total. The van der Waals surface area contributed by atoms with Crippen molar-refractivity contribution < 1.29 is 14.3 Å². The fourth-order valence-electron chi connectivity index (χ4n) is 2.61. The van der Waals surface area contributed by atoms with Gasteiger partial charge in [-0.15, -0.1) is 0 Å². The molecule has 0 unspecified atom stereocenters. The van der Waals surface area contributed by atoms with E-state index in [1.165, 1.54) is 0 Å². The minimum absolute atomic E-state index is 0.205. The van der Waals surface area contributed by atoms with E-state index in [0.717, 1.165) is 0 Å². The van der Waals surface area contributed by atoms with Gasteiger partial charge in [0.05, 0.1) is 31.5 Å². The number of rotatable bonds is 6. The third-order valence-corrected chi connectivity index (χ3v) is 4.01. The van der Waals surface area contributed by atoms with Gasteiger partial charge in [-0.1, -0.05) is 0 Å². The molecule has 0 radical (unpaired) electrons. The fraction of sp³-hybridized carbons (Fsp3) is 0.143. The van der Waals surface area contributed by atoms with Crippen molar-refractivity contribution in [2.45, 2.75) is 6.92 Å². The molecule has 0 aliphatic carbocycles. The molecule has 29 heavy (non-hydrogen) atoms. The maximum absolute atomic E-state index is 12.6. The van der Waals surface area contributed by atoms with Crippen LogP contribution >= 0.6 is 0 Å². The molecule has 0 aliphatic rings. The SMILES string of the molecule is COc1ccc(Nc2cc(C(=O)Nc3ccc(C#N)cc3)nc(C)n2)c(OC)c1. The van der Waals surface area contributed by atoms with E-state index in [0.29, 0.717) is 40.1 Å². The van der Waals surface area contributed by atoms with Gasteiger partial charge in [0.25, 0.3) is 5.91 Å². The van der Waals surface area contributed by atoms with Crippen molar-refractivity contribution in [1.82, 2.24) is 9.97 Å². The van der Waals surface area contributed by atoms with Crippen LogP contribution in [0.1, 0.15) is 21.9 Å². The molecular formula is C21H19N5O3. The van der Waals surface area contributed by atoms with Gasteiger partial charge in [-0.25, -0.2) is 9.97 Å². The number of amides is 1. The number of aryl methyl sites for hydroxylation is 1. The first-order valence-electron chi connectivity index (χ1n) is 8.68. The van der Waals surface area contributed by atoms with Crippen LogP contribution in [0.15, 0.2) is 48.5 Å². The van der Waals surface area contributed by atoms with E-state index in [1.54, 1.807) is 69.7 Å². The van der Waals surface area contributed by atoms with Gasteiger partial charge < -0.3 is 20.1 Å². The summed E-state index contributed by atoms with van der Waals surface area (Å²) in [6.07, 6.45) is 0. The van der Waals surface area contributed by atoms with E-state index < -0.39 is 0 Å². The summed E-state index contributed by atoms with van der Waals surface area (Å²) in [4.78, 5) is 21.1. The predicted octanol–water partition coefficient (Wildman–Crippen LogP) is 3.67. The molecule has 0 spiro atoms. The number of carbonyl (C=O) groups is 1. The molecule has 1 amide bonds. The molecule has 2 aromatic carbocycles. The van der Waals surface area contributed by atoms with Crippen molar-refractivity contribution in [2.24, 2.45) is 0 Å². The van der Waals surface area contributed by atoms with Crippen LogP contribution in [0.2, 0.25) is 0 Å². The lowest BCUT2D eigenvalue weighted by Gasteiger charge is -2.13. The molecular weight excluding hydrogens is 370 g/mol. The van der Waals surface area contributed by atoms with Gasteiger partial charge in [-0.05, 0) is 43.3 Å². The highest BCUT2D eigenvalue weighted by Gasteiger charge is 2.13. The fourth-order valence-corrected chi connectivity index (χ4v) is 2.61. The molecule has 8 nitrogen and oxygen atoms in total. The van der Waals surface area contributed by atoms with Crippen LogP contribution in [0, 0.1) is 18.3 Å². The Kier molecular flexibility index (Phi) is 5.90. The van der Waals surface area contributed by atoms with Gasteiger partial charge in [0.2, 0.25) is 0 Å². The largest absolute Gasteiger partial charge is 0.497 e. The van der Waals surface area contributed by atoms with Crippen LogP contribution in [0.5, 0.6) is 11.5 Å². The van der Waals surface area contributed by atoms with E-state index in [4.69, 9.17) is 14.7 Å². The minimum atomic E-state index is -0.384. The maximum Gasteiger partial charge on any atom is 0.274 e. The van der Waals surface area contributed by atoms with Crippen LogP contribution < -0.4 is 20.1 Å². The molecule has 0 saturated carbocycles. The topological polar surface area (TPSA) is 109 Å². The van der Waals surface area contributed by atoms with Gasteiger partial charge in [0.1, 0.15) is 28.8 Å². The van der Waals surface area contributed by atoms with Gasteiger partial charge >= 0.3 is 0 Å². The maximum atomic E-state index is 12.6. The molecule has 0 bridgehead atoms. The van der Waals surface area contributed by atoms with Gasteiger partial charge in [0, 0.05) is 17.8 Å². The first-order chi connectivity index (χ1) is 14.0. The molecule has 0 fully saturated rings. The summed E-state index contributed by atoms with van der Waals surface area (Å²) in [6, 6.07) is 15.5. The number of carbonyl (C=O) groups excluding carboxylic acids is 1. The number of benzene rings is 2. The Bertz CT molecular complexity index is 1070. The summed E-state index contributed by atoms with van der Waals surface area (Å²) in [7, 11) is 3.13. The van der Waals surface area contributed by atoms with Crippen molar-refractivity contribution >= 4 is 23.1 Å². The molecule has 0 aliphatic heterocycles. The summed E-state index contributed by atoms with van der Waals surface area (Å²) in [5.74, 6) is 1.74. The smallest absolute Gasteiger partial charge is 0.274 e. The van der Waals surface area contributed by atoms with E-state index >= 15 is 0 Å². The summed E-state index contributed by atoms with van der Waals surface area (Å²) in [6.45, 7) is 1.70. The van der Waals surface area contributed by atoms with Gasteiger partial charge in [-0.3, -0.25) is 4.79 Å². The predicted molar refractivity (Wildman–Crippen MR) is 109 cm³/mol. The Balaban J connectivity index is 1.82. The van der Waals surface area contributed by atoms with Crippen LogP contribution in [0.3, 0.4) is 0 Å². The van der Waals surface area contributed by atoms with Gasteiger partial charge in [0.15, 0.2) is 0 Å². The minimum Gasteiger partial charge on any atom is -0.497 e.